The standard InChI is InChI=1S/C23H31N5O3/c1-4-25-23(27-13-12-17-6-5-7-19(16-17)21(29)24-2)28-15-14-26-22(30)18-8-10-20(31-3)11-9-18/h5-11,16H,4,12-15H2,1-3H3,(H,24,29)(H,26,30)(H2,25,27,28). The average Bonchev–Trinajstić information content (AvgIpc) is 2.81. The van der Waals surface area contributed by atoms with Crippen LogP contribution in [0.15, 0.2) is 53.5 Å². The van der Waals surface area contributed by atoms with Crippen LogP contribution in [0.1, 0.15) is 33.2 Å². The number of carbonyl (C=O) groups excluding carboxylic acids is 2. The van der Waals surface area contributed by atoms with Gasteiger partial charge in [0.25, 0.3) is 11.8 Å². The fourth-order valence-electron chi connectivity index (χ4n) is 2.85. The Morgan fingerprint density at radius 1 is 0.935 bits per heavy atom. The molecule has 0 radical (unpaired) electrons. The minimum atomic E-state index is -0.137. The van der Waals surface area contributed by atoms with Gasteiger partial charge in [0.15, 0.2) is 5.96 Å². The van der Waals surface area contributed by atoms with Gasteiger partial charge in [0.1, 0.15) is 5.75 Å². The van der Waals surface area contributed by atoms with Gasteiger partial charge < -0.3 is 26.0 Å². The molecule has 2 aromatic rings. The third kappa shape index (κ3) is 8.00. The maximum atomic E-state index is 12.2. The zero-order chi connectivity index (χ0) is 22.5. The Morgan fingerprint density at radius 3 is 2.35 bits per heavy atom. The highest BCUT2D eigenvalue weighted by Gasteiger charge is 2.06. The Hall–Kier alpha value is -3.55. The Labute approximate surface area is 183 Å². The molecule has 166 valence electrons. The van der Waals surface area contributed by atoms with Gasteiger partial charge in [-0.3, -0.25) is 14.6 Å². The molecular formula is C23H31N5O3. The molecule has 0 aliphatic heterocycles. The number of benzene rings is 2. The fraction of sp³-hybridized carbons (Fsp3) is 0.348. The number of ether oxygens (including phenoxy) is 1. The molecule has 0 aliphatic rings. The number of amides is 2. The number of guanidine groups is 1. The van der Waals surface area contributed by atoms with E-state index in [9.17, 15) is 9.59 Å². The third-order valence-corrected chi connectivity index (χ3v) is 4.49. The van der Waals surface area contributed by atoms with Crippen LogP contribution >= 0.6 is 0 Å². The van der Waals surface area contributed by atoms with Crippen LogP contribution in [-0.4, -0.2) is 58.1 Å². The van der Waals surface area contributed by atoms with E-state index in [4.69, 9.17) is 4.74 Å². The van der Waals surface area contributed by atoms with E-state index in [1.54, 1.807) is 44.5 Å². The zero-order valence-electron chi connectivity index (χ0n) is 18.3. The number of hydrogen-bond donors (Lipinski definition) is 4. The summed E-state index contributed by atoms with van der Waals surface area (Å²) in [5.74, 6) is 1.16. The molecule has 0 fully saturated rings. The van der Waals surface area contributed by atoms with Gasteiger partial charge in [-0.25, -0.2) is 0 Å². The molecule has 0 heterocycles. The summed E-state index contributed by atoms with van der Waals surface area (Å²) >= 11 is 0. The van der Waals surface area contributed by atoms with Crippen LogP contribution in [-0.2, 0) is 6.42 Å². The van der Waals surface area contributed by atoms with Crippen LogP contribution < -0.4 is 26.0 Å². The quantitative estimate of drug-likeness (QED) is 0.263. The molecule has 2 rings (SSSR count). The van der Waals surface area contributed by atoms with Crippen molar-refractivity contribution in [2.24, 2.45) is 4.99 Å². The summed E-state index contributed by atoms with van der Waals surface area (Å²) in [6.45, 7) is 4.31. The lowest BCUT2D eigenvalue weighted by Crippen LogP contribution is -2.41. The molecular weight excluding hydrogens is 394 g/mol. The lowest BCUT2D eigenvalue weighted by atomic mass is 10.1. The normalized spacial score (nSPS) is 10.9. The lowest BCUT2D eigenvalue weighted by Gasteiger charge is -2.12. The second kappa shape index (κ2) is 12.9. The number of methoxy groups -OCH3 is 1. The summed E-state index contributed by atoms with van der Waals surface area (Å²) in [7, 11) is 3.21. The minimum Gasteiger partial charge on any atom is -0.497 e. The third-order valence-electron chi connectivity index (χ3n) is 4.49. The first-order chi connectivity index (χ1) is 15.1. The van der Waals surface area contributed by atoms with Crippen molar-refractivity contribution >= 4 is 17.8 Å². The van der Waals surface area contributed by atoms with Gasteiger partial charge in [-0.2, -0.15) is 0 Å². The van der Waals surface area contributed by atoms with Crippen LogP contribution in [0, 0.1) is 0 Å². The van der Waals surface area contributed by atoms with Gasteiger partial charge >= 0.3 is 0 Å². The molecule has 4 N–H and O–H groups in total. The van der Waals surface area contributed by atoms with Crippen molar-refractivity contribution in [3.05, 3.63) is 65.2 Å². The maximum absolute atomic E-state index is 12.2. The van der Waals surface area contributed by atoms with Crippen LogP contribution in [0.2, 0.25) is 0 Å². The molecule has 0 saturated carbocycles. The first kappa shape index (κ1) is 23.7. The largest absolute Gasteiger partial charge is 0.497 e. The van der Waals surface area contributed by atoms with Gasteiger partial charge in [-0.1, -0.05) is 12.1 Å². The highest BCUT2D eigenvalue weighted by molar-refractivity contribution is 5.94. The summed E-state index contributed by atoms with van der Waals surface area (Å²) in [6, 6.07) is 14.5. The summed E-state index contributed by atoms with van der Waals surface area (Å²) < 4.78 is 5.10. The van der Waals surface area contributed by atoms with Crippen LogP contribution in [0.3, 0.4) is 0 Å². The van der Waals surface area contributed by atoms with E-state index in [0.717, 1.165) is 18.5 Å². The second-order valence-corrected chi connectivity index (χ2v) is 6.70. The van der Waals surface area contributed by atoms with Crippen molar-refractivity contribution in [2.45, 2.75) is 13.3 Å². The molecule has 0 aliphatic carbocycles. The SMILES string of the molecule is CCNC(=NCCc1cccc(C(=O)NC)c1)NCCNC(=O)c1ccc(OC)cc1. The minimum absolute atomic E-state index is 0.1000. The fourth-order valence-corrected chi connectivity index (χ4v) is 2.85. The van der Waals surface area contributed by atoms with Gasteiger partial charge in [0.05, 0.1) is 7.11 Å². The molecule has 31 heavy (non-hydrogen) atoms. The monoisotopic (exact) mass is 425 g/mol. The van der Waals surface area contributed by atoms with E-state index in [2.05, 4.69) is 26.3 Å². The van der Waals surface area contributed by atoms with Crippen molar-refractivity contribution in [1.82, 2.24) is 21.3 Å². The summed E-state index contributed by atoms with van der Waals surface area (Å²) in [4.78, 5) is 28.5. The van der Waals surface area contributed by atoms with E-state index in [0.29, 0.717) is 42.5 Å². The number of hydrogen-bond acceptors (Lipinski definition) is 4. The summed E-state index contributed by atoms with van der Waals surface area (Å²) in [5.41, 5.74) is 2.27. The molecule has 2 amide bonds. The molecule has 0 aromatic heterocycles. The second-order valence-electron chi connectivity index (χ2n) is 6.70. The topological polar surface area (TPSA) is 104 Å². The number of nitrogens with one attached hydrogen (secondary N) is 4. The van der Waals surface area contributed by atoms with Crippen LogP contribution in [0.4, 0.5) is 0 Å². The Kier molecular flexibility index (Phi) is 9.87. The van der Waals surface area contributed by atoms with Crippen molar-refractivity contribution in [2.75, 3.05) is 40.3 Å². The predicted octanol–water partition coefficient (Wildman–Crippen LogP) is 1.58. The first-order valence-corrected chi connectivity index (χ1v) is 10.3. The van der Waals surface area contributed by atoms with Crippen molar-refractivity contribution in [3.8, 4) is 5.75 Å². The van der Waals surface area contributed by atoms with Crippen molar-refractivity contribution < 1.29 is 14.3 Å². The first-order valence-electron chi connectivity index (χ1n) is 10.3. The van der Waals surface area contributed by atoms with Crippen LogP contribution in [0.5, 0.6) is 5.75 Å². The molecule has 0 atom stereocenters. The number of aliphatic imine (C=N–C) groups is 1. The predicted molar refractivity (Wildman–Crippen MR) is 123 cm³/mol. The highest BCUT2D eigenvalue weighted by atomic mass is 16.5. The zero-order valence-corrected chi connectivity index (χ0v) is 18.3. The number of rotatable bonds is 10. The molecule has 0 bridgehead atoms. The van der Waals surface area contributed by atoms with E-state index < -0.39 is 0 Å². The smallest absolute Gasteiger partial charge is 0.251 e. The molecule has 0 spiro atoms. The molecule has 2 aromatic carbocycles. The summed E-state index contributed by atoms with van der Waals surface area (Å²) in [5, 5.41) is 11.9. The van der Waals surface area contributed by atoms with E-state index in [1.165, 1.54) is 0 Å². The molecule has 0 unspecified atom stereocenters. The average molecular weight is 426 g/mol. The Bertz CT molecular complexity index is 881. The van der Waals surface area contributed by atoms with E-state index >= 15 is 0 Å². The van der Waals surface area contributed by atoms with Crippen molar-refractivity contribution in [1.29, 1.82) is 0 Å². The van der Waals surface area contributed by atoms with Gasteiger partial charge in [0, 0.05) is 44.4 Å². The number of carbonyl (C=O) groups is 2. The molecule has 8 nitrogen and oxygen atoms in total. The highest BCUT2D eigenvalue weighted by Crippen LogP contribution is 2.11. The Morgan fingerprint density at radius 2 is 1.68 bits per heavy atom. The van der Waals surface area contributed by atoms with E-state index in [-0.39, 0.29) is 11.8 Å². The lowest BCUT2D eigenvalue weighted by molar-refractivity contribution is 0.0949. The van der Waals surface area contributed by atoms with Crippen molar-refractivity contribution in [3.63, 3.8) is 0 Å². The van der Waals surface area contributed by atoms with Gasteiger partial charge in [-0.15, -0.1) is 0 Å². The molecule has 8 heteroatoms. The number of nitrogens with zero attached hydrogens (tertiary/aromatic N) is 1. The summed E-state index contributed by atoms with van der Waals surface area (Å²) in [6.07, 6.45) is 0.718. The molecule has 0 saturated heterocycles. The van der Waals surface area contributed by atoms with Gasteiger partial charge in [0.2, 0.25) is 0 Å². The van der Waals surface area contributed by atoms with E-state index in [1.807, 2.05) is 25.1 Å². The van der Waals surface area contributed by atoms with Gasteiger partial charge in [-0.05, 0) is 55.3 Å². The maximum Gasteiger partial charge on any atom is 0.251 e. The van der Waals surface area contributed by atoms with Crippen LogP contribution in [0.25, 0.3) is 0 Å². The Balaban J connectivity index is 1.79.